The molecule has 0 atom stereocenters. The summed E-state index contributed by atoms with van der Waals surface area (Å²) in [6, 6.07) is 146. The molecule has 3 aliphatic rings. The van der Waals surface area contributed by atoms with Gasteiger partial charge in [-0.15, -0.1) is 11.3 Å². The highest BCUT2D eigenvalue weighted by Crippen LogP contribution is 2.61. The average molecular weight is 1850 g/mol. The Kier molecular flexibility index (Phi) is 21.1. The summed E-state index contributed by atoms with van der Waals surface area (Å²) in [5.41, 5.74) is 30.0. The minimum atomic E-state index is -0.0450. The van der Waals surface area contributed by atoms with E-state index in [9.17, 15) is 0 Å². The number of benzene rings is 20. The maximum absolute atomic E-state index is 6.32. The number of nitrogens with zero attached hydrogens (tertiary/aromatic N) is 5. The van der Waals surface area contributed by atoms with Gasteiger partial charge in [-0.3, -0.25) is 0 Å². The first kappa shape index (κ1) is 88.5. The van der Waals surface area contributed by atoms with E-state index in [1.165, 1.54) is 152 Å². The standard InChI is InChI=1S/C47H39N3.C44H35NO.C44H35NS/c1-7-15-30(8-2)43-48-44(32-16-10-9-11-17-32)50-45(49-43)36-19-14-18-33(29-36)34-24-26-37-35(28-34)23-22-31-25-27-40-42(41(31)37)38-20-12-13-21-39(38)46(3,4)47(40,5)6;1-43(2)37-16-10-8-15-36(37)42-38(44(43,3)4)25-20-28-18-19-29-26-31(21-23-33(29)41(28)42)45(30-12-6-5-7-13-30)32-22-24-35-34-14-9-11-17-39(34)46-40(35)27-32;1-43(2)37-16-10-8-15-35(37)42-38(44(43,3)4)24-20-28-18-19-29-26-31(21-23-33(29)41(28)42)45(30-12-6-5-7-13-30)32-22-25-40-36(27-32)34-14-9-11-17-39(34)46-40/h7-29H,1-2H2,3-6H3;2*5-27H,1-4H3/b30-15+;;. The highest BCUT2D eigenvalue weighted by molar-refractivity contribution is 7.25. The molecule has 7 heteroatoms. The molecule has 20 aromatic carbocycles. The Bertz CT molecular complexity index is 9150. The second kappa shape index (κ2) is 33.8. The van der Waals surface area contributed by atoms with Crippen molar-refractivity contribution in [1.82, 2.24) is 15.0 Å². The van der Waals surface area contributed by atoms with Crippen LogP contribution in [0.3, 0.4) is 0 Å². The number of hydrogen-bond acceptors (Lipinski definition) is 7. The van der Waals surface area contributed by atoms with Gasteiger partial charge in [-0.2, -0.15) is 0 Å². The summed E-state index contributed by atoms with van der Waals surface area (Å²) in [6.07, 6.45) is 5.35. The highest BCUT2D eigenvalue weighted by Gasteiger charge is 2.50. The van der Waals surface area contributed by atoms with Crippen LogP contribution in [0.1, 0.15) is 122 Å². The van der Waals surface area contributed by atoms with Crippen molar-refractivity contribution >= 4 is 158 Å². The topological polar surface area (TPSA) is 58.3 Å². The van der Waals surface area contributed by atoms with E-state index >= 15 is 0 Å². The van der Waals surface area contributed by atoms with E-state index in [-0.39, 0.29) is 32.5 Å². The molecule has 0 aliphatic heterocycles. The number of anilines is 6. The predicted molar refractivity (Wildman–Crippen MR) is 606 cm³/mol. The number of allylic oxidation sites excluding steroid dienone is 4. The van der Waals surface area contributed by atoms with Gasteiger partial charge in [0.05, 0.1) is 0 Å². The van der Waals surface area contributed by atoms with Gasteiger partial charge in [-0.1, -0.05) is 406 Å². The molecule has 0 amide bonds. The van der Waals surface area contributed by atoms with Crippen molar-refractivity contribution in [1.29, 1.82) is 0 Å². The summed E-state index contributed by atoms with van der Waals surface area (Å²) >= 11 is 1.86. The van der Waals surface area contributed by atoms with Crippen LogP contribution in [0, 0.1) is 0 Å². The number of fused-ring (bicyclic) bond motifs is 27. The van der Waals surface area contributed by atoms with Crippen molar-refractivity contribution in [2.75, 3.05) is 9.80 Å². The second-order valence-electron chi connectivity index (χ2n) is 41.8. The fourth-order valence-electron chi connectivity index (χ4n) is 23.4. The number of thiophene rings is 1. The van der Waals surface area contributed by atoms with Crippen LogP contribution in [-0.2, 0) is 32.5 Å². The summed E-state index contributed by atoms with van der Waals surface area (Å²) in [7, 11) is 0. The van der Waals surface area contributed by atoms with Crippen LogP contribution < -0.4 is 9.80 Å². The van der Waals surface area contributed by atoms with Gasteiger partial charge in [0, 0.05) is 87.8 Å². The first-order chi connectivity index (χ1) is 68.9. The van der Waals surface area contributed by atoms with Crippen molar-refractivity contribution in [3.63, 3.8) is 0 Å². The minimum Gasteiger partial charge on any atom is -0.456 e. The average Bonchev–Trinajstić information content (AvgIpc) is 0.799. The Morgan fingerprint density at radius 1 is 0.261 bits per heavy atom. The molecule has 0 bridgehead atoms. The van der Waals surface area contributed by atoms with E-state index < -0.39 is 0 Å². The number of aromatic nitrogens is 3. The summed E-state index contributed by atoms with van der Waals surface area (Å²) in [6.45, 7) is 36.7. The van der Waals surface area contributed by atoms with E-state index in [0.29, 0.717) is 17.5 Å². The lowest BCUT2D eigenvalue weighted by molar-refractivity contribution is 0.299. The Balaban J connectivity index is 0.000000115. The second-order valence-corrected chi connectivity index (χ2v) is 42.9. The van der Waals surface area contributed by atoms with Crippen molar-refractivity contribution in [3.05, 3.63) is 471 Å². The third kappa shape index (κ3) is 14.1. The molecule has 3 aliphatic carbocycles. The normalized spacial score (nSPS) is 14.8. The quantitative estimate of drug-likeness (QED) is 0.0897. The summed E-state index contributed by atoms with van der Waals surface area (Å²) < 4.78 is 8.97. The first-order valence-electron chi connectivity index (χ1n) is 49.6. The van der Waals surface area contributed by atoms with Gasteiger partial charge < -0.3 is 14.2 Å². The maximum atomic E-state index is 6.32. The lowest BCUT2D eigenvalue weighted by atomic mass is 9.55. The zero-order valence-corrected chi connectivity index (χ0v) is 83.1. The summed E-state index contributed by atoms with van der Waals surface area (Å²) in [4.78, 5) is 19.4. The third-order valence-corrected chi connectivity index (χ3v) is 34.1. The maximum Gasteiger partial charge on any atom is 0.164 e. The molecule has 0 radical (unpaired) electrons. The molecule has 3 heterocycles. The first-order valence-corrected chi connectivity index (χ1v) is 50.4. The van der Waals surface area contributed by atoms with Crippen molar-refractivity contribution in [3.8, 4) is 67.3 Å². The molecule has 0 N–H and O–H groups in total. The number of hydrogen-bond donors (Lipinski definition) is 0. The van der Waals surface area contributed by atoms with Gasteiger partial charge in [0.1, 0.15) is 11.2 Å². The largest absolute Gasteiger partial charge is 0.456 e. The Hall–Kier alpha value is -16.2. The van der Waals surface area contributed by atoms with Crippen LogP contribution in [-0.4, -0.2) is 15.0 Å². The Morgan fingerprint density at radius 3 is 1.13 bits per heavy atom. The van der Waals surface area contributed by atoms with Crippen LogP contribution in [0.5, 0.6) is 0 Å². The zero-order chi connectivity index (χ0) is 97.0. The number of rotatable bonds is 12. The van der Waals surface area contributed by atoms with Gasteiger partial charge in [0.2, 0.25) is 0 Å². The molecule has 142 heavy (non-hydrogen) atoms. The van der Waals surface area contributed by atoms with Gasteiger partial charge in [-0.05, 0) is 278 Å². The van der Waals surface area contributed by atoms with Gasteiger partial charge in [0.25, 0.3) is 0 Å². The molecular weight excluding hydrogens is 1740 g/mol. The SMILES string of the molecule is C=C/C=C(\C=C)c1nc(-c2ccccc2)nc(-c2cccc(-c3ccc4c(ccc5ccc6c(c54)-c4ccccc4C(C)(C)C6(C)C)c3)c2)n1.CC1(C)c2ccccc2-c2c(ccc3ccc4cc(N(c5ccccc5)c5ccc6c(c5)oc5ccccc56)ccc4c23)C1(C)C.CC1(C)c2ccccc2-c2c(ccc3ccc4cc(N(c5ccccc5)c5ccc6sc7ccccc7c6c5)ccc4c23)C1(C)C. The predicted octanol–water partition coefficient (Wildman–Crippen LogP) is 37.8. The minimum absolute atomic E-state index is 0.000842. The van der Waals surface area contributed by atoms with Crippen LogP contribution in [0.15, 0.2) is 436 Å². The van der Waals surface area contributed by atoms with Crippen molar-refractivity contribution < 1.29 is 4.42 Å². The highest BCUT2D eigenvalue weighted by atomic mass is 32.1. The molecule has 3 aromatic heterocycles. The molecule has 0 saturated heterocycles. The molecule has 0 unspecified atom stereocenters. The van der Waals surface area contributed by atoms with Gasteiger partial charge >= 0.3 is 0 Å². The van der Waals surface area contributed by atoms with E-state index in [2.05, 4.69) is 464 Å². The molecule has 23 aromatic rings. The lowest BCUT2D eigenvalue weighted by Gasteiger charge is -2.48. The molecule has 6 nitrogen and oxygen atoms in total. The summed E-state index contributed by atoms with van der Waals surface area (Å²) in [5, 5.41) is 20.3. The van der Waals surface area contributed by atoms with E-state index in [1.54, 1.807) is 12.2 Å². The van der Waals surface area contributed by atoms with Crippen molar-refractivity contribution in [2.24, 2.45) is 0 Å². The number of para-hydroxylation sites is 3. The molecule has 26 rings (SSSR count). The third-order valence-electron chi connectivity index (χ3n) is 33.0. The molecule has 0 fully saturated rings. The van der Waals surface area contributed by atoms with Crippen LogP contribution in [0.4, 0.5) is 34.1 Å². The van der Waals surface area contributed by atoms with Crippen molar-refractivity contribution in [2.45, 2.75) is 116 Å². The van der Waals surface area contributed by atoms with E-state index in [0.717, 1.165) is 83.9 Å². The number of furan rings is 1. The lowest BCUT2D eigenvalue weighted by Crippen LogP contribution is -2.43. The van der Waals surface area contributed by atoms with Crippen LogP contribution >= 0.6 is 11.3 Å². The fraction of sp³-hybridized carbons (Fsp3) is 0.133. The van der Waals surface area contributed by atoms with E-state index in [4.69, 9.17) is 19.4 Å². The van der Waals surface area contributed by atoms with Crippen LogP contribution in [0.25, 0.3) is 180 Å². The smallest absolute Gasteiger partial charge is 0.164 e. The molecule has 686 valence electrons. The van der Waals surface area contributed by atoms with Gasteiger partial charge in [-0.25, -0.2) is 15.0 Å². The molecule has 0 saturated carbocycles. The van der Waals surface area contributed by atoms with Gasteiger partial charge in [0.15, 0.2) is 17.5 Å². The molecular formula is C135H109N5OS. The summed E-state index contributed by atoms with van der Waals surface area (Å²) in [5.74, 6) is 1.78. The Morgan fingerprint density at radius 2 is 0.627 bits per heavy atom. The molecule has 0 spiro atoms. The Labute approximate surface area is 834 Å². The van der Waals surface area contributed by atoms with Crippen LogP contribution in [0.2, 0.25) is 0 Å². The monoisotopic (exact) mass is 1850 g/mol. The zero-order valence-electron chi connectivity index (χ0n) is 82.3. The fourth-order valence-corrected chi connectivity index (χ4v) is 24.5. The van der Waals surface area contributed by atoms with E-state index in [1.807, 2.05) is 59.9 Å².